The van der Waals surface area contributed by atoms with Gasteiger partial charge in [0.25, 0.3) is 0 Å². The maximum Gasteiger partial charge on any atom is 0.235 e. The first-order valence-corrected chi connectivity index (χ1v) is 6.11. The summed E-state index contributed by atoms with van der Waals surface area (Å²) in [5, 5.41) is 0. The van der Waals surface area contributed by atoms with Crippen LogP contribution in [0.1, 0.15) is 39.5 Å². The van der Waals surface area contributed by atoms with Gasteiger partial charge in [-0.3, -0.25) is 4.90 Å². The number of rotatable bonds is 5. The summed E-state index contributed by atoms with van der Waals surface area (Å²) in [5.41, 5.74) is 1.04. The number of piperidine rings is 1. The van der Waals surface area contributed by atoms with Crippen molar-refractivity contribution < 1.29 is 4.79 Å². The molecule has 0 saturated carbocycles. The van der Waals surface area contributed by atoms with Gasteiger partial charge in [-0.15, -0.1) is 0 Å². The molecule has 1 aliphatic rings. The third kappa shape index (κ3) is 3.92. The maximum absolute atomic E-state index is 10.0. The summed E-state index contributed by atoms with van der Waals surface area (Å²) < 4.78 is 0. The lowest BCUT2D eigenvalue weighted by Gasteiger charge is -2.39. The first-order valence-electron chi connectivity index (χ1n) is 6.11. The van der Waals surface area contributed by atoms with Crippen LogP contribution in [0, 0.1) is 0 Å². The molecular weight excluding hydrogens is 200 g/mol. The Morgan fingerprint density at radius 2 is 2.31 bits per heavy atom. The van der Waals surface area contributed by atoms with Gasteiger partial charge in [0.05, 0.1) is 6.54 Å². The molecular formula is C13H22N2O. The Bertz CT molecular complexity index is 280. The lowest BCUT2D eigenvalue weighted by atomic mass is 9.95. The number of isocyanates is 1. The standard InChI is InChI=1S/C13H22N2O/c1-11(2)15-7-5-4-6-13(15)8-12(3)9-14-10-16/h11,13H,3-9H2,1-2H3. The molecule has 0 spiro atoms. The van der Waals surface area contributed by atoms with Gasteiger partial charge in [0.2, 0.25) is 6.08 Å². The maximum atomic E-state index is 10.0. The van der Waals surface area contributed by atoms with Crippen LogP contribution >= 0.6 is 0 Å². The molecule has 90 valence electrons. The summed E-state index contributed by atoms with van der Waals surface area (Å²) in [5.74, 6) is 0. The van der Waals surface area contributed by atoms with E-state index in [1.807, 2.05) is 0 Å². The van der Waals surface area contributed by atoms with Crippen LogP contribution in [-0.2, 0) is 4.79 Å². The second-order valence-corrected chi connectivity index (χ2v) is 4.84. The molecule has 1 saturated heterocycles. The van der Waals surface area contributed by atoms with E-state index in [0.717, 1.165) is 12.0 Å². The van der Waals surface area contributed by atoms with Crippen molar-refractivity contribution in [2.24, 2.45) is 4.99 Å². The van der Waals surface area contributed by atoms with E-state index in [-0.39, 0.29) is 0 Å². The zero-order valence-corrected chi connectivity index (χ0v) is 10.4. The molecule has 1 unspecified atom stereocenters. The molecule has 1 aliphatic heterocycles. The Morgan fingerprint density at radius 3 is 2.94 bits per heavy atom. The van der Waals surface area contributed by atoms with Gasteiger partial charge in [-0.25, -0.2) is 9.79 Å². The van der Waals surface area contributed by atoms with E-state index >= 15 is 0 Å². The first-order chi connectivity index (χ1) is 7.65. The summed E-state index contributed by atoms with van der Waals surface area (Å²) in [6.07, 6.45) is 6.37. The normalized spacial score (nSPS) is 21.8. The molecule has 0 N–H and O–H groups in total. The summed E-state index contributed by atoms with van der Waals surface area (Å²) in [6, 6.07) is 1.18. The van der Waals surface area contributed by atoms with Gasteiger partial charge in [0.15, 0.2) is 0 Å². The number of carbonyl (C=O) groups excluding carboxylic acids is 1. The van der Waals surface area contributed by atoms with Gasteiger partial charge in [-0.05, 0) is 39.7 Å². The van der Waals surface area contributed by atoms with Crippen molar-refractivity contribution in [2.75, 3.05) is 13.1 Å². The minimum atomic E-state index is 0.436. The molecule has 3 nitrogen and oxygen atoms in total. The minimum Gasteiger partial charge on any atom is -0.298 e. The highest BCUT2D eigenvalue weighted by molar-refractivity contribution is 5.33. The van der Waals surface area contributed by atoms with Crippen molar-refractivity contribution in [1.82, 2.24) is 4.90 Å². The van der Waals surface area contributed by atoms with Crippen LogP contribution in [-0.4, -0.2) is 36.2 Å². The molecule has 0 aromatic rings. The van der Waals surface area contributed by atoms with Crippen molar-refractivity contribution in [3.63, 3.8) is 0 Å². The summed E-state index contributed by atoms with van der Waals surface area (Å²) in [4.78, 5) is 16.2. The van der Waals surface area contributed by atoms with Crippen molar-refractivity contribution in [1.29, 1.82) is 0 Å². The van der Waals surface area contributed by atoms with Crippen molar-refractivity contribution in [3.8, 4) is 0 Å². The van der Waals surface area contributed by atoms with Crippen LogP contribution < -0.4 is 0 Å². The fraction of sp³-hybridized carbons (Fsp3) is 0.769. The smallest absolute Gasteiger partial charge is 0.235 e. The quantitative estimate of drug-likeness (QED) is 0.407. The highest BCUT2D eigenvalue weighted by Crippen LogP contribution is 2.24. The van der Waals surface area contributed by atoms with Crippen LogP contribution in [0.25, 0.3) is 0 Å². The van der Waals surface area contributed by atoms with Gasteiger partial charge >= 0.3 is 0 Å². The van der Waals surface area contributed by atoms with Crippen LogP contribution in [0.5, 0.6) is 0 Å². The minimum absolute atomic E-state index is 0.436. The molecule has 0 aliphatic carbocycles. The molecule has 1 rings (SSSR count). The predicted molar refractivity (Wildman–Crippen MR) is 66.2 cm³/mol. The Hall–Kier alpha value is -0.920. The van der Waals surface area contributed by atoms with Crippen LogP contribution in [0.15, 0.2) is 17.1 Å². The van der Waals surface area contributed by atoms with Gasteiger partial charge in [0, 0.05) is 12.1 Å². The van der Waals surface area contributed by atoms with E-state index in [0.29, 0.717) is 18.6 Å². The fourth-order valence-electron chi connectivity index (χ4n) is 2.46. The molecule has 0 aromatic carbocycles. The Morgan fingerprint density at radius 1 is 1.56 bits per heavy atom. The molecule has 3 heteroatoms. The Kier molecular flexibility index (Phi) is 5.44. The van der Waals surface area contributed by atoms with Crippen LogP contribution in [0.4, 0.5) is 0 Å². The molecule has 0 bridgehead atoms. The predicted octanol–water partition coefficient (Wildman–Crippen LogP) is 2.53. The zero-order chi connectivity index (χ0) is 12.0. The number of hydrogen-bond donors (Lipinski definition) is 0. The summed E-state index contributed by atoms with van der Waals surface area (Å²) >= 11 is 0. The van der Waals surface area contributed by atoms with E-state index in [1.54, 1.807) is 6.08 Å². The van der Waals surface area contributed by atoms with Gasteiger partial charge in [-0.1, -0.05) is 18.6 Å². The summed E-state index contributed by atoms with van der Waals surface area (Å²) in [6.45, 7) is 10.1. The second-order valence-electron chi connectivity index (χ2n) is 4.84. The molecule has 0 radical (unpaired) electrons. The Balaban J connectivity index is 2.49. The first kappa shape index (κ1) is 13.1. The van der Waals surface area contributed by atoms with Crippen molar-refractivity contribution in [3.05, 3.63) is 12.2 Å². The van der Waals surface area contributed by atoms with Crippen LogP contribution in [0.3, 0.4) is 0 Å². The van der Waals surface area contributed by atoms with E-state index in [9.17, 15) is 4.79 Å². The average molecular weight is 222 g/mol. The van der Waals surface area contributed by atoms with E-state index in [2.05, 4.69) is 30.3 Å². The lowest BCUT2D eigenvalue weighted by molar-refractivity contribution is 0.111. The third-order valence-corrected chi connectivity index (χ3v) is 3.23. The molecule has 16 heavy (non-hydrogen) atoms. The van der Waals surface area contributed by atoms with Gasteiger partial charge in [0.1, 0.15) is 0 Å². The zero-order valence-electron chi connectivity index (χ0n) is 10.4. The Labute approximate surface area is 98.2 Å². The van der Waals surface area contributed by atoms with E-state index in [1.165, 1.54) is 25.8 Å². The molecule has 1 atom stereocenters. The SMILES string of the molecule is C=C(CN=C=O)CC1CCCCN1C(C)C. The van der Waals surface area contributed by atoms with Crippen LogP contribution in [0.2, 0.25) is 0 Å². The van der Waals surface area contributed by atoms with E-state index in [4.69, 9.17) is 0 Å². The molecule has 1 fully saturated rings. The van der Waals surface area contributed by atoms with Crippen molar-refractivity contribution in [2.45, 2.75) is 51.6 Å². The topological polar surface area (TPSA) is 32.7 Å². The summed E-state index contributed by atoms with van der Waals surface area (Å²) in [7, 11) is 0. The third-order valence-electron chi connectivity index (χ3n) is 3.23. The second kappa shape index (κ2) is 6.62. The number of likely N-dealkylation sites (tertiary alicyclic amines) is 1. The number of hydrogen-bond acceptors (Lipinski definition) is 3. The molecule has 0 amide bonds. The monoisotopic (exact) mass is 222 g/mol. The average Bonchev–Trinajstić information content (AvgIpc) is 2.27. The lowest BCUT2D eigenvalue weighted by Crippen LogP contribution is -2.44. The number of aliphatic imine (C=N–C) groups is 1. The van der Waals surface area contributed by atoms with Crippen molar-refractivity contribution >= 4 is 6.08 Å². The molecule has 1 heterocycles. The highest BCUT2D eigenvalue weighted by Gasteiger charge is 2.24. The number of nitrogens with zero attached hydrogens (tertiary/aromatic N) is 2. The largest absolute Gasteiger partial charge is 0.298 e. The van der Waals surface area contributed by atoms with Gasteiger partial charge in [-0.2, -0.15) is 0 Å². The van der Waals surface area contributed by atoms with E-state index < -0.39 is 0 Å². The molecule has 0 aromatic heterocycles. The fourth-order valence-corrected chi connectivity index (χ4v) is 2.46. The highest BCUT2D eigenvalue weighted by atomic mass is 16.1. The van der Waals surface area contributed by atoms with Gasteiger partial charge < -0.3 is 0 Å².